The van der Waals surface area contributed by atoms with E-state index in [9.17, 15) is 13.2 Å². The highest BCUT2D eigenvalue weighted by Crippen LogP contribution is 2.39. The van der Waals surface area contributed by atoms with Crippen molar-refractivity contribution in [3.05, 3.63) is 29.7 Å². The number of sulfonamides is 1. The highest BCUT2D eigenvalue weighted by Gasteiger charge is 2.30. The third-order valence-electron chi connectivity index (χ3n) is 4.18. The number of rotatable bonds is 7. The van der Waals surface area contributed by atoms with Gasteiger partial charge in [0, 0.05) is 18.0 Å². The summed E-state index contributed by atoms with van der Waals surface area (Å²) in [4.78, 5) is 16.3. The fourth-order valence-electron chi connectivity index (χ4n) is 2.55. The van der Waals surface area contributed by atoms with Crippen LogP contribution in [0.5, 0.6) is 0 Å². The molecule has 8 nitrogen and oxygen atoms in total. The molecule has 3 rings (SSSR count). The summed E-state index contributed by atoms with van der Waals surface area (Å²) in [5.41, 5.74) is 1.12. The molecule has 1 atom stereocenters. The van der Waals surface area contributed by atoms with Crippen molar-refractivity contribution in [1.82, 2.24) is 20.2 Å². The Kier molecular flexibility index (Phi) is 5.10. The monoisotopic (exact) mass is 378 g/mol. The molecule has 2 aromatic rings. The van der Waals surface area contributed by atoms with Gasteiger partial charge in [-0.05, 0) is 45.2 Å². The largest absolute Gasteiger partial charge is 0.355 e. The lowest BCUT2D eigenvalue weighted by Crippen LogP contribution is -2.44. The second-order valence-corrected chi connectivity index (χ2v) is 8.13. The second-order valence-electron chi connectivity index (χ2n) is 6.45. The summed E-state index contributed by atoms with van der Waals surface area (Å²) in [6.45, 7) is 5.40. The van der Waals surface area contributed by atoms with E-state index in [1.54, 1.807) is 26.0 Å². The van der Waals surface area contributed by atoms with Gasteiger partial charge >= 0.3 is 0 Å². The first kappa shape index (κ1) is 18.5. The highest BCUT2D eigenvalue weighted by molar-refractivity contribution is 7.89. The van der Waals surface area contributed by atoms with Crippen LogP contribution in [0.15, 0.2) is 27.6 Å². The van der Waals surface area contributed by atoms with Gasteiger partial charge < -0.3 is 9.84 Å². The zero-order valence-corrected chi connectivity index (χ0v) is 15.8. The van der Waals surface area contributed by atoms with Crippen molar-refractivity contribution in [3.8, 4) is 11.4 Å². The minimum atomic E-state index is -3.88. The van der Waals surface area contributed by atoms with Crippen LogP contribution in [0.3, 0.4) is 0 Å². The second kappa shape index (κ2) is 7.16. The van der Waals surface area contributed by atoms with Crippen molar-refractivity contribution >= 4 is 15.9 Å². The van der Waals surface area contributed by atoms with E-state index < -0.39 is 16.1 Å². The molecule has 1 fully saturated rings. The van der Waals surface area contributed by atoms with E-state index in [0.717, 1.165) is 12.8 Å². The van der Waals surface area contributed by atoms with Gasteiger partial charge in [0.25, 0.3) is 0 Å². The predicted molar refractivity (Wildman–Crippen MR) is 94.9 cm³/mol. The van der Waals surface area contributed by atoms with E-state index >= 15 is 0 Å². The van der Waals surface area contributed by atoms with Crippen molar-refractivity contribution < 1.29 is 17.7 Å². The number of hydrogen-bond donors (Lipinski definition) is 2. The fraction of sp³-hybridized carbons (Fsp3) is 0.471. The molecule has 1 aliphatic carbocycles. The molecule has 26 heavy (non-hydrogen) atoms. The Morgan fingerprint density at radius 2 is 2.12 bits per heavy atom. The van der Waals surface area contributed by atoms with Crippen LogP contribution >= 0.6 is 0 Å². The van der Waals surface area contributed by atoms with Crippen LogP contribution in [0.2, 0.25) is 0 Å². The van der Waals surface area contributed by atoms with E-state index in [2.05, 4.69) is 20.2 Å². The van der Waals surface area contributed by atoms with E-state index in [-0.39, 0.29) is 10.8 Å². The van der Waals surface area contributed by atoms with Crippen molar-refractivity contribution in [3.63, 3.8) is 0 Å². The van der Waals surface area contributed by atoms with Crippen LogP contribution in [0.25, 0.3) is 11.4 Å². The molecule has 0 saturated heterocycles. The van der Waals surface area contributed by atoms with Gasteiger partial charge in [0.05, 0.1) is 10.9 Å². The number of aromatic nitrogens is 2. The smallest absolute Gasteiger partial charge is 0.241 e. The fourth-order valence-corrected chi connectivity index (χ4v) is 4.03. The van der Waals surface area contributed by atoms with Crippen LogP contribution in [0.1, 0.15) is 44.1 Å². The van der Waals surface area contributed by atoms with Crippen molar-refractivity contribution in [1.29, 1.82) is 0 Å². The third-order valence-corrected chi connectivity index (χ3v) is 5.86. The maximum Gasteiger partial charge on any atom is 0.241 e. The normalized spacial score (nSPS) is 15.7. The Hall–Kier alpha value is -2.26. The Balaban J connectivity index is 1.87. The Morgan fingerprint density at radius 1 is 1.38 bits per heavy atom. The zero-order chi connectivity index (χ0) is 18.9. The molecule has 0 aliphatic heterocycles. The zero-order valence-electron chi connectivity index (χ0n) is 14.9. The van der Waals surface area contributed by atoms with Crippen LogP contribution in [0, 0.1) is 6.92 Å². The minimum absolute atomic E-state index is 0.0870. The molecule has 1 heterocycles. The summed E-state index contributed by atoms with van der Waals surface area (Å²) in [5.74, 6) is 0.898. The average Bonchev–Trinajstić information content (AvgIpc) is 3.32. The third kappa shape index (κ3) is 3.94. The molecule has 0 unspecified atom stereocenters. The van der Waals surface area contributed by atoms with Gasteiger partial charge in [-0.2, -0.15) is 9.71 Å². The Bertz CT molecular complexity index is 919. The first-order valence-corrected chi connectivity index (χ1v) is 10.0. The topological polar surface area (TPSA) is 114 Å². The van der Waals surface area contributed by atoms with E-state index in [1.165, 1.54) is 13.0 Å². The highest BCUT2D eigenvalue weighted by atomic mass is 32.2. The van der Waals surface area contributed by atoms with Crippen molar-refractivity contribution in [2.24, 2.45) is 0 Å². The lowest BCUT2D eigenvalue weighted by molar-refractivity contribution is -0.122. The van der Waals surface area contributed by atoms with Gasteiger partial charge in [0.1, 0.15) is 0 Å². The first-order valence-electron chi connectivity index (χ1n) is 8.56. The Morgan fingerprint density at radius 3 is 2.77 bits per heavy atom. The Labute approximate surface area is 152 Å². The molecule has 2 N–H and O–H groups in total. The van der Waals surface area contributed by atoms with Crippen LogP contribution in [-0.2, 0) is 14.8 Å². The van der Waals surface area contributed by atoms with Gasteiger partial charge in [-0.15, -0.1) is 0 Å². The van der Waals surface area contributed by atoms with Gasteiger partial charge in [-0.3, -0.25) is 4.79 Å². The quantitative estimate of drug-likeness (QED) is 0.758. The molecule has 1 aromatic carbocycles. The number of nitrogens with zero attached hydrogens (tertiary/aromatic N) is 2. The minimum Gasteiger partial charge on any atom is -0.355 e. The number of likely N-dealkylation sites (N-methyl/N-ethyl adjacent to an activating group) is 1. The molecule has 1 aliphatic rings. The van der Waals surface area contributed by atoms with Gasteiger partial charge in [0.15, 0.2) is 0 Å². The average molecular weight is 378 g/mol. The number of benzene rings is 1. The van der Waals surface area contributed by atoms with Crippen LogP contribution in [0.4, 0.5) is 0 Å². The maximum atomic E-state index is 12.7. The van der Waals surface area contributed by atoms with E-state index in [4.69, 9.17) is 4.52 Å². The number of carbonyl (C=O) groups is 1. The molecular weight excluding hydrogens is 356 g/mol. The van der Waals surface area contributed by atoms with Crippen molar-refractivity contribution in [2.75, 3.05) is 6.54 Å². The summed E-state index contributed by atoms with van der Waals surface area (Å²) in [7, 11) is -3.88. The molecule has 0 spiro atoms. The number of nitrogens with one attached hydrogen (secondary N) is 2. The molecule has 0 radical (unpaired) electrons. The van der Waals surface area contributed by atoms with Gasteiger partial charge in [0.2, 0.25) is 27.6 Å². The molecule has 1 aromatic heterocycles. The first-order chi connectivity index (χ1) is 12.3. The van der Waals surface area contributed by atoms with Gasteiger partial charge in [-0.25, -0.2) is 8.42 Å². The number of amides is 1. The predicted octanol–water partition coefficient (Wildman–Crippen LogP) is 1.73. The summed E-state index contributed by atoms with van der Waals surface area (Å²) in [6, 6.07) is 4.07. The summed E-state index contributed by atoms with van der Waals surface area (Å²) < 4.78 is 33.1. The summed E-state index contributed by atoms with van der Waals surface area (Å²) in [6.07, 6.45) is 2.08. The molecule has 9 heteroatoms. The van der Waals surface area contributed by atoms with E-state index in [0.29, 0.717) is 35.3 Å². The lowest BCUT2D eigenvalue weighted by atomic mass is 10.1. The SMILES string of the molecule is CCNC(=O)[C@H](C)NS(=O)(=O)c1cc(-c2noc(C3CC3)n2)ccc1C. The van der Waals surface area contributed by atoms with Gasteiger partial charge in [-0.1, -0.05) is 17.3 Å². The standard InChI is InChI=1S/C17H22N4O4S/c1-4-18-16(22)11(3)21-26(23,24)14-9-13(6-5-10(14)2)15-19-17(25-20-15)12-7-8-12/h5-6,9,11-12,21H,4,7-8H2,1-3H3,(H,18,22)/t11-/m0/s1. The molecule has 140 valence electrons. The number of carbonyl (C=O) groups excluding carboxylic acids is 1. The maximum absolute atomic E-state index is 12.7. The summed E-state index contributed by atoms with van der Waals surface area (Å²) >= 11 is 0. The summed E-state index contributed by atoms with van der Waals surface area (Å²) in [5, 5.41) is 6.54. The van der Waals surface area contributed by atoms with Crippen LogP contribution < -0.4 is 10.0 Å². The molecule has 1 saturated carbocycles. The lowest BCUT2D eigenvalue weighted by Gasteiger charge is -2.15. The van der Waals surface area contributed by atoms with E-state index in [1.807, 2.05) is 0 Å². The van der Waals surface area contributed by atoms with Crippen molar-refractivity contribution in [2.45, 2.75) is 50.5 Å². The van der Waals surface area contributed by atoms with Crippen LogP contribution in [-0.4, -0.2) is 37.1 Å². The molecule has 1 amide bonds. The number of aryl methyl sites for hydroxylation is 1. The number of hydrogen-bond acceptors (Lipinski definition) is 6. The molecule has 0 bridgehead atoms. The molecular formula is C17H22N4O4S.